The van der Waals surface area contributed by atoms with Gasteiger partial charge in [-0.15, -0.1) is 0 Å². The topological polar surface area (TPSA) is 29.5 Å². The van der Waals surface area contributed by atoms with Crippen LogP contribution in [0.4, 0.5) is 0 Å². The maximum Gasteiger partial charge on any atom is 0.154 e. The monoisotopic (exact) mass is 172 g/mol. The third-order valence-electron chi connectivity index (χ3n) is 1.90. The molecule has 0 heterocycles. The standard InChI is InChI=1S/C9H21BO2/c1-5-6-12-9(2,3)7-8(11)10-4/h8,10-11H,5-7H2,1-4H3. The highest BCUT2D eigenvalue weighted by Crippen LogP contribution is 2.16. The van der Waals surface area contributed by atoms with E-state index in [-0.39, 0.29) is 11.6 Å². The lowest BCUT2D eigenvalue weighted by molar-refractivity contribution is -0.0378. The molecule has 0 saturated heterocycles. The Kier molecular flexibility index (Phi) is 5.59. The van der Waals surface area contributed by atoms with Gasteiger partial charge in [0, 0.05) is 12.6 Å². The van der Waals surface area contributed by atoms with Crippen molar-refractivity contribution in [2.45, 2.75) is 52.0 Å². The molecule has 0 aromatic rings. The Balaban J connectivity index is 3.69. The SMILES string of the molecule is CBC(O)CC(C)(C)OCCC. The van der Waals surface area contributed by atoms with Gasteiger partial charge < -0.3 is 9.84 Å². The van der Waals surface area contributed by atoms with Crippen LogP contribution in [0.5, 0.6) is 0 Å². The number of aliphatic hydroxyl groups excluding tert-OH is 1. The predicted octanol–water partition coefficient (Wildman–Crippen LogP) is 1.38. The third kappa shape index (κ3) is 5.61. The van der Waals surface area contributed by atoms with Crippen LogP contribution in [0, 0.1) is 0 Å². The summed E-state index contributed by atoms with van der Waals surface area (Å²) in [7, 11) is 0.804. The number of rotatable bonds is 6. The molecule has 0 aliphatic rings. The molecule has 0 bridgehead atoms. The van der Waals surface area contributed by atoms with E-state index in [0.717, 1.165) is 26.7 Å². The maximum absolute atomic E-state index is 9.41. The van der Waals surface area contributed by atoms with Gasteiger partial charge in [-0.3, -0.25) is 0 Å². The lowest BCUT2D eigenvalue weighted by atomic mass is 9.71. The van der Waals surface area contributed by atoms with Gasteiger partial charge in [0.15, 0.2) is 7.28 Å². The highest BCUT2D eigenvalue weighted by Gasteiger charge is 2.21. The Labute approximate surface area is 76.6 Å². The van der Waals surface area contributed by atoms with Crippen LogP contribution in [-0.4, -0.2) is 30.6 Å². The first-order chi connectivity index (χ1) is 5.52. The number of hydrogen-bond donors (Lipinski definition) is 1. The van der Waals surface area contributed by atoms with Crippen molar-refractivity contribution in [1.82, 2.24) is 0 Å². The number of aliphatic hydroxyl groups is 1. The molecule has 72 valence electrons. The molecule has 2 nitrogen and oxygen atoms in total. The molecule has 0 aromatic carbocycles. The summed E-state index contributed by atoms with van der Waals surface area (Å²) in [6.45, 7) is 8.92. The molecule has 3 heteroatoms. The molecule has 0 spiro atoms. The van der Waals surface area contributed by atoms with E-state index in [1.54, 1.807) is 0 Å². The van der Waals surface area contributed by atoms with E-state index in [0.29, 0.717) is 0 Å². The molecule has 0 aromatic heterocycles. The molecule has 1 atom stereocenters. The minimum atomic E-state index is -0.225. The van der Waals surface area contributed by atoms with Crippen molar-refractivity contribution in [3.05, 3.63) is 0 Å². The van der Waals surface area contributed by atoms with Crippen LogP contribution in [0.25, 0.3) is 0 Å². The molecular formula is C9H21BO2. The van der Waals surface area contributed by atoms with E-state index in [4.69, 9.17) is 4.74 Å². The van der Waals surface area contributed by atoms with Crippen LogP contribution in [0.1, 0.15) is 33.6 Å². The van der Waals surface area contributed by atoms with Crippen LogP contribution in [-0.2, 0) is 4.74 Å². The zero-order chi connectivity index (χ0) is 9.61. The van der Waals surface area contributed by atoms with Gasteiger partial charge in [0.2, 0.25) is 0 Å². The van der Waals surface area contributed by atoms with Gasteiger partial charge in [-0.1, -0.05) is 13.7 Å². The second kappa shape index (κ2) is 5.60. The summed E-state index contributed by atoms with van der Waals surface area (Å²) in [5.74, 6) is 0. The number of ether oxygens (including phenoxy) is 1. The minimum absolute atomic E-state index is 0.175. The first kappa shape index (κ1) is 12.0. The molecule has 0 aliphatic carbocycles. The predicted molar refractivity (Wildman–Crippen MR) is 54.0 cm³/mol. The summed E-state index contributed by atoms with van der Waals surface area (Å²) in [5.41, 5.74) is -0.175. The van der Waals surface area contributed by atoms with Gasteiger partial charge in [-0.05, 0) is 26.7 Å². The van der Waals surface area contributed by atoms with E-state index < -0.39 is 0 Å². The first-order valence-electron chi connectivity index (χ1n) is 4.84. The summed E-state index contributed by atoms with van der Waals surface area (Å²) >= 11 is 0. The van der Waals surface area contributed by atoms with Gasteiger partial charge in [0.05, 0.1) is 5.60 Å². The van der Waals surface area contributed by atoms with Crippen molar-refractivity contribution >= 4 is 7.28 Å². The quantitative estimate of drug-likeness (QED) is 0.613. The molecular weight excluding hydrogens is 151 g/mol. The highest BCUT2D eigenvalue weighted by molar-refractivity contribution is 6.35. The van der Waals surface area contributed by atoms with Crippen LogP contribution in [0.2, 0.25) is 6.82 Å². The lowest BCUT2D eigenvalue weighted by Crippen LogP contribution is -2.32. The van der Waals surface area contributed by atoms with Gasteiger partial charge in [0.25, 0.3) is 0 Å². The Morgan fingerprint density at radius 2 is 2.08 bits per heavy atom. The van der Waals surface area contributed by atoms with Crippen LogP contribution >= 0.6 is 0 Å². The molecule has 12 heavy (non-hydrogen) atoms. The van der Waals surface area contributed by atoms with Crippen molar-refractivity contribution in [2.24, 2.45) is 0 Å². The summed E-state index contributed by atoms with van der Waals surface area (Å²) in [5, 5.41) is 9.41. The summed E-state index contributed by atoms with van der Waals surface area (Å²) in [6.07, 6.45) is 1.76. The average molecular weight is 172 g/mol. The maximum atomic E-state index is 9.41. The normalized spacial score (nSPS) is 14.4. The zero-order valence-corrected chi connectivity index (χ0v) is 8.76. The summed E-state index contributed by atoms with van der Waals surface area (Å²) in [6, 6.07) is -0.225. The highest BCUT2D eigenvalue weighted by atomic mass is 16.5. The average Bonchev–Trinajstić information content (AvgIpc) is 2.00. The Morgan fingerprint density at radius 1 is 1.50 bits per heavy atom. The fraction of sp³-hybridized carbons (Fsp3) is 1.00. The lowest BCUT2D eigenvalue weighted by Gasteiger charge is -2.27. The van der Waals surface area contributed by atoms with Gasteiger partial charge in [-0.2, -0.15) is 0 Å². The minimum Gasteiger partial charge on any atom is -0.402 e. The zero-order valence-electron chi connectivity index (χ0n) is 8.76. The molecule has 0 amide bonds. The molecule has 0 aliphatic heterocycles. The van der Waals surface area contributed by atoms with Gasteiger partial charge in [-0.25, -0.2) is 0 Å². The second-order valence-electron chi connectivity index (χ2n) is 3.87. The fourth-order valence-corrected chi connectivity index (χ4v) is 1.15. The van der Waals surface area contributed by atoms with Crippen LogP contribution in [0.3, 0.4) is 0 Å². The second-order valence-corrected chi connectivity index (χ2v) is 3.87. The Bertz CT molecular complexity index is 115. The van der Waals surface area contributed by atoms with Crippen molar-refractivity contribution in [3.8, 4) is 0 Å². The fourth-order valence-electron chi connectivity index (χ4n) is 1.15. The first-order valence-corrected chi connectivity index (χ1v) is 4.84. The van der Waals surface area contributed by atoms with Crippen LogP contribution < -0.4 is 0 Å². The third-order valence-corrected chi connectivity index (χ3v) is 1.90. The van der Waals surface area contributed by atoms with E-state index in [1.807, 2.05) is 20.7 Å². The molecule has 1 N–H and O–H groups in total. The van der Waals surface area contributed by atoms with E-state index in [2.05, 4.69) is 6.92 Å². The smallest absolute Gasteiger partial charge is 0.154 e. The molecule has 0 fully saturated rings. The Hall–Kier alpha value is -0.0151. The van der Waals surface area contributed by atoms with E-state index in [9.17, 15) is 5.11 Å². The van der Waals surface area contributed by atoms with E-state index in [1.165, 1.54) is 0 Å². The van der Waals surface area contributed by atoms with Crippen LogP contribution in [0.15, 0.2) is 0 Å². The molecule has 1 unspecified atom stereocenters. The van der Waals surface area contributed by atoms with Crippen molar-refractivity contribution in [3.63, 3.8) is 0 Å². The number of hydrogen-bond acceptors (Lipinski definition) is 2. The van der Waals surface area contributed by atoms with Crippen molar-refractivity contribution in [2.75, 3.05) is 6.61 Å². The van der Waals surface area contributed by atoms with Crippen molar-refractivity contribution < 1.29 is 9.84 Å². The van der Waals surface area contributed by atoms with E-state index >= 15 is 0 Å². The summed E-state index contributed by atoms with van der Waals surface area (Å²) < 4.78 is 5.59. The molecule has 0 rings (SSSR count). The van der Waals surface area contributed by atoms with Gasteiger partial charge >= 0.3 is 0 Å². The van der Waals surface area contributed by atoms with Crippen molar-refractivity contribution in [1.29, 1.82) is 0 Å². The summed E-state index contributed by atoms with van der Waals surface area (Å²) in [4.78, 5) is 0. The molecule has 0 saturated carbocycles. The molecule has 0 radical (unpaired) electrons. The van der Waals surface area contributed by atoms with Gasteiger partial charge in [0.1, 0.15) is 0 Å². The Morgan fingerprint density at radius 3 is 2.50 bits per heavy atom. The largest absolute Gasteiger partial charge is 0.402 e.